The Morgan fingerprint density at radius 2 is 1.96 bits per heavy atom. The van der Waals surface area contributed by atoms with Crippen LogP contribution < -0.4 is 0 Å². The SMILES string of the molecule is O=C(CN1CCN(S(=O)(=O)c2cccs2)CC1)N1CCOC1=O. The molecule has 126 valence electrons. The molecule has 2 fully saturated rings. The second kappa shape index (κ2) is 6.56. The summed E-state index contributed by atoms with van der Waals surface area (Å²) < 4.78 is 31.3. The predicted octanol–water partition coefficient (Wildman–Crippen LogP) is 0.0332. The lowest BCUT2D eigenvalue weighted by atomic mass is 10.3. The third-order valence-electron chi connectivity index (χ3n) is 3.84. The second-order valence-electron chi connectivity index (χ2n) is 5.27. The van der Waals surface area contributed by atoms with Crippen molar-refractivity contribution in [1.29, 1.82) is 0 Å². The normalized spacial score (nSPS) is 20.7. The van der Waals surface area contributed by atoms with Crippen LogP contribution in [0, 0.1) is 0 Å². The van der Waals surface area contributed by atoms with Crippen LogP contribution in [0.15, 0.2) is 21.7 Å². The van der Waals surface area contributed by atoms with E-state index in [0.717, 1.165) is 4.90 Å². The average Bonchev–Trinajstić information content (AvgIpc) is 3.19. The minimum atomic E-state index is -3.44. The van der Waals surface area contributed by atoms with Gasteiger partial charge in [0.25, 0.3) is 10.0 Å². The van der Waals surface area contributed by atoms with Crippen molar-refractivity contribution in [1.82, 2.24) is 14.1 Å². The number of cyclic esters (lactones) is 1. The maximum Gasteiger partial charge on any atom is 0.416 e. The lowest BCUT2D eigenvalue weighted by Crippen LogP contribution is -2.51. The molecule has 0 radical (unpaired) electrons. The molecule has 0 saturated carbocycles. The molecule has 0 atom stereocenters. The van der Waals surface area contributed by atoms with Crippen molar-refractivity contribution in [3.63, 3.8) is 0 Å². The van der Waals surface area contributed by atoms with Crippen LogP contribution in [0.25, 0.3) is 0 Å². The van der Waals surface area contributed by atoms with Crippen LogP contribution in [0.1, 0.15) is 0 Å². The number of hydrogen-bond acceptors (Lipinski definition) is 7. The van der Waals surface area contributed by atoms with Crippen molar-refractivity contribution in [2.24, 2.45) is 0 Å². The monoisotopic (exact) mass is 359 g/mol. The van der Waals surface area contributed by atoms with Crippen LogP contribution in [-0.2, 0) is 19.6 Å². The minimum absolute atomic E-state index is 0.0992. The molecule has 0 spiro atoms. The molecular formula is C13H17N3O5S2. The zero-order chi connectivity index (χ0) is 16.4. The van der Waals surface area contributed by atoms with E-state index in [-0.39, 0.29) is 25.6 Å². The van der Waals surface area contributed by atoms with Gasteiger partial charge in [0.15, 0.2) is 0 Å². The molecule has 1 aromatic rings. The van der Waals surface area contributed by atoms with Crippen LogP contribution in [0.4, 0.5) is 4.79 Å². The minimum Gasteiger partial charge on any atom is -0.447 e. The van der Waals surface area contributed by atoms with Crippen LogP contribution in [0.2, 0.25) is 0 Å². The molecule has 0 aliphatic carbocycles. The fraction of sp³-hybridized carbons (Fsp3) is 0.538. The zero-order valence-electron chi connectivity index (χ0n) is 12.4. The molecule has 3 heterocycles. The van der Waals surface area contributed by atoms with E-state index < -0.39 is 16.1 Å². The van der Waals surface area contributed by atoms with Gasteiger partial charge in [-0.05, 0) is 11.4 Å². The number of carbonyl (C=O) groups is 2. The van der Waals surface area contributed by atoms with Gasteiger partial charge >= 0.3 is 6.09 Å². The maximum absolute atomic E-state index is 12.4. The third kappa shape index (κ3) is 3.39. The first kappa shape index (κ1) is 16.4. The van der Waals surface area contributed by atoms with E-state index in [0.29, 0.717) is 30.4 Å². The highest BCUT2D eigenvalue weighted by Crippen LogP contribution is 2.22. The number of sulfonamides is 1. The molecule has 23 heavy (non-hydrogen) atoms. The number of piperazine rings is 1. The summed E-state index contributed by atoms with van der Waals surface area (Å²) in [7, 11) is -3.44. The van der Waals surface area contributed by atoms with E-state index in [1.54, 1.807) is 17.5 Å². The van der Waals surface area contributed by atoms with Crippen molar-refractivity contribution in [3.8, 4) is 0 Å². The highest BCUT2D eigenvalue weighted by Gasteiger charge is 2.32. The van der Waals surface area contributed by atoms with Gasteiger partial charge in [-0.15, -0.1) is 11.3 Å². The Morgan fingerprint density at radius 1 is 1.22 bits per heavy atom. The van der Waals surface area contributed by atoms with E-state index in [2.05, 4.69) is 0 Å². The van der Waals surface area contributed by atoms with Crippen molar-refractivity contribution in [3.05, 3.63) is 17.5 Å². The largest absolute Gasteiger partial charge is 0.447 e. The standard InChI is InChI=1S/C13H17N3O5S2/c17-11(16-7-8-21-13(16)18)10-14-3-5-15(6-4-14)23(19,20)12-2-1-9-22-12/h1-2,9H,3-8,10H2. The zero-order valence-corrected chi connectivity index (χ0v) is 14.0. The maximum atomic E-state index is 12.4. The fourth-order valence-corrected chi connectivity index (χ4v) is 5.13. The van der Waals surface area contributed by atoms with Crippen molar-refractivity contribution < 1.29 is 22.7 Å². The molecule has 1 aromatic heterocycles. The lowest BCUT2D eigenvalue weighted by Gasteiger charge is -2.33. The molecule has 2 amide bonds. The van der Waals surface area contributed by atoms with Gasteiger partial charge in [-0.1, -0.05) is 6.07 Å². The summed E-state index contributed by atoms with van der Waals surface area (Å²) in [5.41, 5.74) is 0. The quantitative estimate of drug-likeness (QED) is 0.754. The Labute approximate surface area is 138 Å². The van der Waals surface area contributed by atoms with E-state index in [4.69, 9.17) is 4.74 Å². The molecule has 0 bridgehead atoms. The van der Waals surface area contributed by atoms with E-state index >= 15 is 0 Å². The molecule has 8 nitrogen and oxygen atoms in total. The molecule has 2 aliphatic rings. The predicted molar refractivity (Wildman–Crippen MR) is 82.6 cm³/mol. The topological polar surface area (TPSA) is 87.2 Å². The number of imide groups is 1. The summed E-state index contributed by atoms with van der Waals surface area (Å²) in [6.07, 6.45) is -0.603. The Hall–Kier alpha value is -1.49. The highest BCUT2D eigenvalue weighted by molar-refractivity contribution is 7.91. The molecule has 0 unspecified atom stereocenters. The third-order valence-corrected chi connectivity index (χ3v) is 7.11. The van der Waals surface area contributed by atoms with Gasteiger partial charge in [-0.3, -0.25) is 9.69 Å². The summed E-state index contributed by atoms with van der Waals surface area (Å²) in [5, 5.41) is 1.73. The van der Waals surface area contributed by atoms with E-state index in [9.17, 15) is 18.0 Å². The van der Waals surface area contributed by atoms with Crippen LogP contribution in [-0.4, -0.2) is 80.4 Å². The van der Waals surface area contributed by atoms with Gasteiger partial charge in [0.1, 0.15) is 10.8 Å². The van der Waals surface area contributed by atoms with Crippen LogP contribution in [0.3, 0.4) is 0 Å². The van der Waals surface area contributed by atoms with Gasteiger partial charge in [-0.25, -0.2) is 18.1 Å². The van der Waals surface area contributed by atoms with Crippen molar-refractivity contribution in [2.45, 2.75) is 4.21 Å². The Morgan fingerprint density at radius 3 is 2.52 bits per heavy atom. The molecular weight excluding hydrogens is 342 g/mol. The molecule has 10 heteroatoms. The Kier molecular flexibility index (Phi) is 4.67. The molecule has 3 rings (SSSR count). The summed E-state index contributed by atoms with van der Waals surface area (Å²) in [6, 6.07) is 3.30. The van der Waals surface area contributed by atoms with Gasteiger partial charge in [0.2, 0.25) is 5.91 Å². The summed E-state index contributed by atoms with van der Waals surface area (Å²) in [4.78, 5) is 26.3. The first-order valence-electron chi connectivity index (χ1n) is 7.21. The number of amides is 2. The first-order valence-corrected chi connectivity index (χ1v) is 9.53. The Bertz CT molecular complexity index is 680. The number of thiophene rings is 1. The first-order chi connectivity index (χ1) is 11.0. The highest BCUT2D eigenvalue weighted by atomic mass is 32.2. The van der Waals surface area contributed by atoms with Crippen LogP contribution >= 0.6 is 11.3 Å². The summed E-state index contributed by atoms with van der Waals surface area (Å²) in [6.45, 7) is 2.19. The van der Waals surface area contributed by atoms with Crippen molar-refractivity contribution in [2.75, 3.05) is 45.9 Å². The number of nitrogens with zero attached hydrogens (tertiary/aromatic N) is 3. The molecule has 2 aliphatic heterocycles. The number of ether oxygens (including phenoxy) is 1. The van der Waals surface area contributed by atoms with E-state index in [1.807, 2.05) is 4.90 Å². The van der Waals surface area contributed by atoms with E-state index in [1.165, 1.54) is 15.6 Å². The number of rotatable bonds is 4. The molecule has 0 aromatic carbocycles. The average molecular weight is 359 g/mol. The Balaban J connectivity index is 1.54. The fourth-order valence-electron chi connectivity index (χ4n) is 2.56. The molecule has 2 saturated heterocycles. The van der Waals surface area contributed by atoms with Gasteiger partial charge in [-0.2, -0.15) is 4.31 Å². The summed E-state index contributed by atoms with van der Waals surface area (Å²) >= 11 is 1.20. The molecule has 0 N–H and O–H groups in total. The lowest BCUT2D eigenvalue weighted by molar-refractivity contribution is -0.129. The number of hydrogen-bond donors (Lipinski definition) is 0. The number of carbonyl (C=O) groups excluding carboxylic acids is 2. The summed E-state index contributed by atoms with van der Waals surface area (Å²) in [5.74, 6) is -0.304. The smallest absolute Gasteiger partial charge is 0.416 e. The van der Waals surface area contributed by atoms with Gasteiger partial charge in [0, 0.05) is 26.2 Å². The van der Waals surface area contributed by atoms with Gasteiger partial charge < -0.3 is 4.74 Å². The second-order valence-corrected chi connectivity index (χ2v) is 8.38. The van der Waals surface area contributed by atoms with Gasteiger partial charge in [0.05, 0.1) is 13.1 Å². The van der Waals surface area contributed by atoms with Crippen LogP contribution in [0.5, 0.6) is 0 Å². The van der Waals surface area contributed by atoms with Crippen molar-refractivity contribution >= 4 is 33.4 Å².